The fraction of sp³-hybridized carbons (Fsp3) is 0.611. The maximum atomic E-state index is 6.57. The second-order valence-corrected chi connectivity index (χ2v) is 6.68. The topological polar surface area (TPSA) is 0 Å². The number of benzene rings is 1. The molecule has 0 aliphatic heterocycles. The van der Waals surface area contributed by atoms with E-state index in [1.165, 1.54) is 68.9 Å². The van der Waals surface area contributed by atoms with Gasteiger partial charge in [-0.15, -0.1) is 0 Å². The zero-order valence-corrected chi connectivity index (χ0v) is 12.5. The first-order valence-corrected chi connectivity index (χ1v) is 8.33. The van der Waals surface area contributed by atoms with Crippen LogP contribution in [0.2, 0.25) is 5.02 Å². The van der Waals surface area contributed by atoms with Crippen molar-refractivity contribution in [2.45, 2.75) is 69.6 Å². The van der Waals surface area contributed by atoms with Gasteiger partial charge in [-0.3, -0.25) is 0 Å². The zero-order valence-electron chi connectivity index (χ0n) is 11.7. The van der Waals surface area contributed by atoms with Gasteiger partial charge >= 0.3 is 0 Å². The van der Waals surface area contributed by atoms with Gasteiger partial charge in [0.2, 0.25) is 0 Å². The predicted molar refractivity (Wildman–Crippen MR) is 82.8 cm³/mol. The fourth-order valence-electron chi connectivity index (χ4n) is 3.79. The van der Waals surface area contributed by atoms with E-state index in [4.69, 9.17) is 11.6 Å². The van der Waals surface area contributed by atoms with Crippen molar-refractivity contribution in [2.75, 3.05) is 0 Å². The van der Waals surface area contributed by atoms with Gasteiger partial charge in [-0.2, -0.15) is 0 Å². The molecule has 1 unspecified atom stereocenters. The Labute approximate surface area is 122 Å². The number of rotatable bonds is 2. The molecule has 1 heteroatoms. The van der Waals surface area contributed by atoms with Crippen LogP contribution in [-0.4, -0.2) is 0 Å². The molecule has 0 saturated heterocycles. The summed E-state index contributed by atoms with van der Waals surface area (Å²) in [4.78, 5) is 0. The molecular formula is C18H24Cl. The zero-order chi connectivity index (χ0) is 13.1. The third-order valence-corrected chi connectivity index (χ3v) is 5.28. The van der Waals surface area contributed by atoms with Crippen molar-refractivity contribution < 1.29 is 0 Å². The van der Waals surface area contributed by atoms with Gasteiger partial charge in [-0.1, -0.05) is 55.8 Å². The van der Waals surface area contributed by atoms with E-state index >= 15 is 0 Å². The van der Waals surface area contributed by atoms with E-state index in [2.05, 4.69) is 24.6 Å². The van der Waals surface area contributed by atoms with Crippen molar-refractivity contribution in [1.82, 2.24) is 0 Å². The molecule has 0 nitrogen and oxygen atoms in total. The molecule has 3 rings (SSSR count). The van der Waals surface area contributed by atoms with Crippen molar-refractivity contribution >= 4 is 11.6 Å². The molecule has 2 aliphatic carbocycles. The monoisotopic (exact) mass is 275 g/mol. The minimum absolute atomic E-state index is 0.714. The number of hydrogen-bond acceptors (Lipinski definition) is 0. The standard InChI is InChI=1S/C18H24Cl/c19-18-13-16(14-7-3-1-4-8-14)11-12-17(18)15-9-5-2-6-10-15/h3,11-15H,1-2,4-10H2. The summed E-state index contributed by atoms with van der Waals surface area (Å²) in [6.45, 7) is 0. The van der Waals surface area contributed by atoms with Gasteiger partial charge in [-0.05, 0) is 61.1 Å². The lowest BCUT2D eigenvalue weighted by atomic mass is 9.81. The molecule has 2 aliphatic rings. The Balaban J connectivity index is 1.76. The lowest BCUT2D eigenvalue weighted by Gasteiger charge is -2.25. The number of halogens is 1. The van der Waals surface area contributed by atoms with E-state index in [1.54, 1.807) is 0 Å². The van der Waals surface area contributed by atoms with E-state index in [-0.39, 0.29) is 0 Å². The molecule has 0 aromatic heterocycles. The molecule has 2 saturated carbocycles. The SMILES string of the molecule is Clc1cc(C2C[CH]CCC2)ccc1C1CCCCC1. The van der Waals surface area contributed by atoms with Crippen LogP contribution in [0.5, 0.6) is 0 Å². The minimum atomic E-state index is 0.714. The Morgan fingerprint density at radius 2 is 1.68 bits per heavy atom. The van der Waals surface area contributed by atoms with Gasteiger partial charge in [0, 0.05) is 5.02 Å². The third kappa shape index (κ3) is 3.16. The Kier molecular flexibility index (Phi) is 4.48. The highest BCUT2D eigenvalue weighted by atomic mass is 35.5. The van der Waals surface area contributed by atoms with Crippen molar-refractivity contribution in [1.29, 1.82) is 0 Å². The lowest BCUT2D eigenvalue weighted by molar-refractivity contribution is 0.443. The van der Waals surface area contributed by atoms with Crippen molar-refractivity contribution in [3.05, 3.63) is 40.8 Å². The highest BCUT2D eigenvalue weighted by Crippen LogP contribution is 2.39. The smallest absolute Gasteiger partial charge is 0.0443 e. The minimum Gasteiger partial charge on any atom is -0.0840 e. The Bertz CT molecular complexity index is 412. The first-order valence-electron chi connectivity index (χ1n) is 7.95. The van der Waals surface area contributed by atoms with Crippen molar-refractivity contribution in [3.63, 3.8) is 0 Å². The fourth-order valence-corrected chi connectivity index (χ4v) is 4.13. The van der Waals surface area contributed by atoms with Gasteiger partial charge in [-0.25, -0.2) is 0 Å². The molecule has 1 aromatic rings. The van der Waals surface area contributed by atoms with E-state index in [1.807, 2.05) is 0 Å². The Morgan fingerprint density at radius 3 is 2.37 bits per heavy atom. The lowest BCUT2D eigenvalue weighted by Crippen LogP contribution is -2.08. The quantitative estimate of drug-likeness (QED) is 0.598. The van der Waals surface area contributed by atoms with Gasteiger partial charge in [0.25, 0.3) is 0 Å². The third-order valence-electron chi connectivity index (χ3n) is 4.95. The predicted octanol–water partition coefficient (Wildman–Crippen LogP) is 6.25. The second-order valence-electron chi connectivity index (χ2n) is 6.27. The van der Waals surface area contributed by atoms with Crippen LogP contribution < -0.4 is 0 Å². The normalized spacial score (nSPS) is 22.6. The Morgan fingerprint density at radius 1 is 0.895 bits per heavy atom. The average Bonchev–Trinajstić information content (AvgIpc) is 2.49. The summed E-state index contributed by atoms with van der Waals surface area (Å²) in [6, 6.07) is 6.93. The molecule has 1 radical (unpaired) electrons. The molecule has 0 N–H and O–H groups in total. The molecular weight excluding hydrogens is 252 g/mol. The largest absolute Gasteiger partial charge is 0.0840 e. The Hall–Kier alpha value is -0.490. The summed E-state index contributed by atoms with van der Waals surface area (Å²) in [7, 11) is 0. The van der Waals surface area contributed by atoms with E-state index in [0.717, 1.165) is 5.02 Å². The summed E-state index contributed by atoms with van der Waals surface area (Å²) in [5.74, 6) is 1.43. The molecule has 103 valence electrons. The molecule has 1 aromatic carbocycles. The average molecular weight is 276 g/mol. The van der Waals surface area contributed by atoms with Crippen molar-refractivity contribution in [3.8, 4) is 0 Å². The van der Waals surface area contributed by atoms with Crippen LogP contribution in [0.3, 0.4) is 0 Å². The number of hydrogen-bond donors (Lipinski definition) is 0. The maximum absolute atomic E-state index is 6.57. The van der Waals surface area contributed by atoms with Gasteiger partial charge < -0.3 is 0 Å². The molecule has 19 heavy (non-hydrogen) atoms. The highest BCUT2D eigenvalue weighted by molar-refractivity contribution is 6.31. The maximum Gasteiger partial charge on any atom is 0.0443 e. The van der Waals surface area contributed by atoms with E-state index in [9.17, 15) is 0 Å². The highest BCUT2D eigenvalue weighted by Gasteiger charge is 2.20. The van der Waals surface area contributed by atoms with Crippen LogP contribution in [0.1, 0.15) is 80.8 Å². The van der Waals surface area contributed by atoms with Crippen LogP contribution in [0.15, 0.2) is 18.2 Å². The summed E-state index contributed by atoms with van der Waals surface area (Å²) in [5.41, 5.74) is 2.87. The molecule has 0 spiro atoms. The van der Waals surface area contributed by atoms with Gasteiger partial charge in [0.1, 0.15) is 0 Å². The van der Waals surface area contributed by atoms with Crippen LogP contribution in [0, 0.1) is 6.42 Å². The van der Waals surface area contributed by atoms with Gasteiger partial charge in [0.15, 0.2) is 0 Å². The van der Waals surface area contributed by atoms with Gasteiger partial charge in [0.05, 0.1) is 0 Å². The molecule has 2 fully saturated rings. The molecule has 1 atom stereocenters. The van der Waals surface area contributed by atoms with Crippen molar-refractivity contribution in [2.24, 2.45) is 0 Å². The first-order chi connectivity index (χ1) is 9.34. The molecule has 0 heterocycles. The summed E-state index contributed by atoms with van der Waals surface area (Å²) in [6.07, 6.45) is 14.5. The van der Waals surface area contributed by atoms with Crippen LogP contribution >= 0.6 is 11.6 Å². The van der Waals surface area contributed by atoms with Crippen LogP contribution in [0.25, 0.3) is 0 Å². The molecule has 0 amide bonds. The van der Waals surface area contributed by atoms with Crippen LogP contribution in [-0.2, 0) is 0 Å². The van der Waals surface area contributed by atoms with Crippen LogP contribution in [0.4, 0.5) is 0 Å². The summed E-state index contributed by atoms with van der Waals surface area (Å²) in [5, 5.41) is 1.02. The van der Waals surface area contributed by atoms with E-state index < -0.39 is 0 Å². The summed E-state index contributed by atoms with van der Waals surface area (Å²) < 4.78 is 0. The summed E-state index contributed by atoms with van der Waals surface area (Å²) >= 11 is 6.57. The second kappa shape index (κ2) is 6.31. The molecule has 0 bridgehead atoms. The first kappa shape index (κ1) is 13.5. The van der Waals surface area contributed by atoms with E-state index in [0.29, 0.717) is 11.8 Å².